The summed E-state index contributed by atoms with van der Waals surface area (Å²) in [6, 6.07) is 20.9. The van der Waals surface area contributed by atoms with Crippen LogP contribution in [0.2, 0.25) is 5.02 Å². The van der Waals surface area contributed by atoms with Gasteiger partial charge in [-0.1, -0.05) is 48.0 Å². The first-order valence-electron chi connectivity index (χ1n) is 10.3. The van der Waals surface area contributed by atoms with Gasteiger partial charge >= 0.3 is 6.18 Å². The molecule has 4 nitrogen and oxygen atoms in total. The van der Waals surface area contributed by atoms with E-state index in [1.54, 1.807) is 12.3 Å². The van der Waals surface area contributed by atoms with E-state index in [0.29, 0.717) is 23.1 Å². The SMILES string of the molecule is CN(Cc1ccc(-c2nccnc2NSc2ccccc2C(F)(F)F)cc1)c1ccc(Cl)cc1. The van der Waals surface area contributed by atoms with Gasteiger partial charge in [-0.05, 0) is 53.9 Å². The molecule has 174 valence electrons. The number of rotatable bonds is 7. The molecule has 0 aliphatic carbocycles. The van der Waals surface area contributed by atoms with Crippen molar-refractivity contribution in [2.45, 2.75) is 17.6 Å². The summed E-state index contributed by atoms with van der Waals surface area (Å²) >= 11 is 6.82. The summed E-state index contributed by atoms with van der Waals surface area (Å²) in [5.74, 6) is 0.385. The average molecular weight is 501 g/mol. The molecule has 34 heavy (non-hydrogen) atoms. The van der Waals surface area contributed by atoms with Gasteiger partial charge < -0.3 is 9.62 Å². The van der Waals surface area contributed by atoms with Crippen molar-refractivity contribution in [1.29, 1.82) is 0 Å². The molecule has 0 saturated heterocycles. The molecular formula is C25H20ClF3N4S. The zero-order chi connectivity index (χ0) is 24.1. The Morgan fingerprint density at radius 3 is 2.29 bits per heavy atom. The Morgan fingerprint density at radius 2 is 1.59 bits per heavy atom. The zero-order valence-corrected chi connectivity index (χ0v) is 19.6. The van der Waals surface area contributed by atoms with Crippen LogP contribution in [-0.4, -0.2) is 17.0 Å². The van der Waals surface area contributed by atoms with Crippen LogP contribution >= 0.6 is 23.5 Å². The van der Waals surface area contributed by atoms with Crippen LogP contribution in [-0.2, 0) is 12.7 Å². The van der Waals surface area contributed by atoms with Crippen molar-refractivity contribution in [2.75, 3.05) is 16.7 Å². The highest BCUT2D eigenvalue weighted by molar-refractivity contribution is 8.00. The monoisotopic (exact) mass is 500 g/mol. The van der Waals surface area contributed by atoms with E-state index in [1.165, 1.54) is 18.3 Å². The van der Waals surface area contributed by atoms with Crippen molar-refractivity contribution < 1.29 is 13.2 Å². The van der Waals surface area contributed by atoms with Gasteiger partial charge in [-0.15, -0.1) is 0 Å². The van der Waals surface area contributed by atoms with Gasteiger partial charge in [-0.25, -0.2) is 4.98 Å². The number of hydrogen-bond donors (Lipinski definition) is 1. The summed E-state index contributed by atoms with van der Waals surface area (Å²) in [6.45, 7) is 0.692. The Labute approximate surface area is 205 Å². The van der Waals surface area contributed by atoms with Crippen LogP contribution in [0, 0.1) is 0 Å². The molecule has 0 spiro atoms. The summed E-state index contributed by atoms with van der Waals surface area (Å²) in [4.78, 5) is 10.8. The van der Waals surface area contributed by atoms with Crippen molar-refractivity contribution in [3.05, 3.63) is 101 Å². The van der Waals surface area contributed by atoms with Crippen molar-refractivity contribution in [2.24, 2.45) is 0 Å². The first-order valence-corrected chi connectivity index (χ1v) is 11.5. The molecule has 1 aromatic heterocycles. The maximum absolute atomic E-state index is 13.3. The molecule has 4 rings (SSSR count). The molecule has 3 aromatic carbocycles. The third kappa shape index (κ3) is 5.81. The largest absolute Gasteiger partial charge is 0.417 e. The van der Waals surface area contributed by atoms with Crippen LogP contribution in [0.4, 0.5) is 24.7 Å². The van der Waals surface area contributed by atoms with E-state index in [2.05, 4.69) is 19.6 Å². The van der Waals surface area contributed by atoms with Gasteiger partial charge in [0.15, 0.2) is 5.82 Å². The van der Waals surface area contributed by atoms with Crippen LogP contribution in [0.5, 0.6) is 0 Å². The minimum absolute atomic E-state index is 0.0622. The Kier molecular flexibility index (Phi) is 7.29. The van der Waals surface area contributed by atoms with E-state index in [-0.39, 0.29) is 4.90 Å². The molecule has 0 radical (unpaired) electrons. The van der Waals surface area contributed by atoms with E-state index < -0.39 is 11.7 Å². The molecule has 0 aliphatic rings. The van der Waals surface area contributed by atoms with Crippen LogP contribution in [0.1, 0.15) is 11.1 Å². The minimum Gasteiger partial charge on any atom is -0.370 e. The topological polar surface area (TPSA) is 41.1 Å². The van der Waals surface area contributed by atoms with Gasteiger partial charge in [0, 0.05) is 47.2 Å². The van der Waals surface area contributed by atoms with Crippen molar-refractivity contribution >= 4 is 35.1 Å². The quantitative estimate of drug-likeness (QED) is 0.265. The fourth-order valence-corrected chi connectivity index (χ4v) is 4.27. The molecule has 9 heteroatoms. The second-order valence-corrected chi connectivity index (χ2v) is 8.77. The molecule has 0 unspecified atom stereocenters. The Morgan fingerprint density at radius 1 is 0.912 bits per heavy atom. The molecule has 0 amide bonds. The van der Waals surface area contributed by atoms with Gasteiger partial charge in [0.2, 0.25) is 0 Å². The predicted molar refractivity (Wildman–Crippen MR) is 132 cm³/mol. The summed E-state index contributed by atoms with van der Waals surface area (Å²) < 4.78 is 42.8. The smallest absolute Gasteiger partial charge is 0.370 e. The highest BCUT2D eigenvalue weighted by Crippen LogP contribution is 2.37. The van der Waals surface area contributed by atoms with Crippen LogP contribution < -0.4 is 9.62 Å². The number of benzene rings is 3. The number of aromatic nitrogens is 2. The highest BCUT2D eigenvalue weighted by atomic mass is 35.5. The lowest BCUT2D eigenvalue weighted by molar-refractivity contribution is -0.139. The second kappa shape index (κ2) is 10.4. The summed E-state index contributed by atoms with van der Waals surface area (Å²) in [7, 11) is 2.00. The number of hydrogen-bond acceptors (Lipinski definition) is 5. The fourth-order valence-electron chi connectivity index (χ4n) is 3.35. The average Bonchev–Trinajstić information content (AvgIpc) is 2.83. The Hall–Kier alpha value is -3.23. The van der Waals surface area contributed by atoms with Crippen molar-refractivity contribution in [3.63, 3.8) is 0 Å². The molecule has 0 atom stereocenters. The van der Waals surface area contributed by atoms with Crippen LogP contribution in [0.25, 0.3) is 11.3 Å². The number of alkyl halides is 3. The molecule has 0 bridgehead atoms. The number of halogens is 4. The highest BCUT2D eigenvalue weighted by Gasteiger charge is 2.33. The summed E-state index contributed by atoms with van der Waals surface area (Å²) in [6.07, 6.45) is -1.39. The molecule has 1 N–H and O–H groups in total. The summed E-state index contributed by atoms with van der Waals surface area (Å²) in [5.41, 5.74) is 2.79. The second-order valence-electron chi connectivity index (χ2n) is 7.48. The third-order valence-corrected chi connectivity index (χ3v) is 6.19. The lowest BCUT2D eigenvalue weighted by Gasteiger charge is -2.19. The van der Waals surface area contributed by atoms with E-state index in [1.807, 2.05) is 55.6 Å². The standard InChI is InChI=1S/C25H20ClF3N4S/c1-33(20-12-10-19(26)11-13-20)16-17-6-8-18(9-7-17)23-24(31-15-14-30-23)32-34-22-5-3-2-4-21(22)25(27,28)29/h2-15H,16H2,1H3,(H,31,32). The van der Waals surface area contributed by atoms with Crippen molar-refractivity contribution in [1.82, 2.24) is 9.97 Å². The summed E-state index contributed by atoms with van der Waals surface area (Å²) in [5, 5.41) is 0.690. The molecule has 4 aromatic rings. The molecule has 0 fully saturated rings. The van der Waals surface area contributed by atoms with Crippen molar-refractivity contribution in [3.8, 4) is 11.3 Å². The molecule has 0 aliphatic heterocycles. The van der Waals surface area contributed by atoms with E-state index >= 15 is 0 Å². The number of nitrogens with zero attached hydrogens (tertiary/aromatic N) is 3. The fraction of sp³-hybridized carbons (Fsp3) is 0.120. The van der Waals surface area contributed by atoms with Gasteiger partial charge in [0.05, 0.1) is 5.56 Å². The molecular weight excluding hydrogens is 481 g/mol. The Bertz CT molecular complexity index is 1250. The number of anilines is 2. The molecule has 0 saturated carbocycles. The predicted octanol–water partition coefficient (Wildman–Crippen LogP) is 7.57. The first kappa shape index (κ1) is 23.9. The normalized spacial score (nSPS) is 11.3. The maximum atomic E-state index is 13.3. The van der Waals surface area contributed by atoms with Gasteiger partial charge in [0.25, 0.3) is 0 Å². The lowest BCUT2D eigenvalue weighted by atomic mass is 10.1. The maximum Gasteiger partial charge on any atom is 0.417 e. The third-order valence-electron chi connectivity index (χ3n) is 5.06. The number of nitrogens with one attached hydrogen (secondary N) is 1. The van der Waals surface area contributed by atoms with Gasteiger partial charge in [0.1, 0.15) is 5.69 Å². The first-order chi connectivity index (χ1) is 16.3. The molecule has 1 heterocycles. The van der Waals surface area contributed by atoms with Crippen LogP contribution in [0.15, 0.2) is 90.1 Å². The van der Waals surface area contributed by atoms with Crippen LogP contribution in [0.3, 0.4) is 0 Å². The van der Waals surface area contributed by atoms with E-state index in [9.17, 15) is 13.2 Å². The minimum atomic E-state index is -4.44. The van der Waals surface area contributed by atoms with Gasteiger partial charge in [-0.2, -0.15) is 13.2 Å². The zero-order valence-electron chi connectivity index (χ0n) is 18.1. The van der Waals surface area contributed by atoms with Gasteiger partial charge in [-0.3, -0.25) is 4.98 Å². The Balaban J connectivity index is 1.49. The van der Waals surface area contributed by atoms with E-state index in [4.69, 9.17) is 11.6 Å². The van der Waals surface area contributed by atoms with E-state index in [0.717, 1.165) is 34.8 Å². The lowest BCUT2D eigenvalue weighted by Crippen LogP contribution is -2.16.